The first kappa shape index (κ1) is 24.1. The molecule has 1 aliphatic heterocycles. The Morgan fingerprint density at radius 2 is 1.72 bits per heavy atom. The Hall–Kier alpha value is -2.60. The number of carbonyl (C=O) groups excluding carboxylic acids is 1. The fraction of sp³-hybridized carbons (Fsp3) is 0.286. The lowest BCUT2D eigenvalue weighted by Crippen LogP contribution is -2.37. The maximum absolute atomic E-state index is 13.1. The molecular formula is C21H24FN3O5S2. The van der Waals surface area contributed by atoms with Crippen molar-refractivity contribution in [3.8, 4) is 0 Å². The molecule has 11 heteroatoms. The molecule has 0 bridgehead atoms. The largest absolute Gasteiger partial charge is 0.337 e. The molecule has 0 atom stereocenters. The topological polar surface area (TPSA) is 104 Å². The molecule has 32 heavy (non-hydrogen) atoms. The van der Waals surface area contributed by atoms with Crippen molar-refractivity contribution >= 4 is 26.0 Å². The second-order valence-corrected chi connectivity index (χ2v) is 10.9. The maximum Gasteiger partial charge on any atom is 0.253 e. The van der Waals surface area contributed by atoms with Gasteiger partial charge in [-0.15, -0.1) is 6.58 Å². The maximum atomic E-state index is 13.1. The first-order valence-corrected chi connectivity index (χ1v) is 12.8. The molecule has 1 aliphatic rings. The van der Waals surface area contributed by atoms with Crippen LogP contribution in [0.25, 0.3) is 0 Å². The van der Waals surface area contributed by atoms with Crippen LogP contribution in [0, 0.1) is 5.82 Å². The molecule has 0 saturated carbocycles. The Morgan fingerprint density at radius 1 is 1.00 bits per heavy atom. The summed E-state index contributed by atoms with van der Waals surface area (Å²) in [6.45, 7) is 4.28. The summed E-state index contributed by atoms with van der Waals surface area (Å²) in [6, 6.07) is 10.3. The van der Waals surface area contributed by atoms with E-state index >= 15 is 0 Å². The van der Waals surface area contributed by atoms with Crippen LogP contribution in [0.15, 0.2) is 71.0 Å². The van der Waals surface area contributed by atoms with Gasteiger partial charge in [-0.1, -0.05) is 12.1 Å². The van der Waals surface area contributed by atoms with E-state index in [0.29, 0.717) is 13.0 Å². The predicted molar refractivity (Wildman–Crippen MR) is 118 cm³/mol. The Kier molecular flexibility index (Phi) is 7.44. The molecule has 1 N–H and O–H groups in total. The lowest BCUT2D eigenvalue weighted by Gasteiger charge is -2.22. The van der Waals surface area contributed by atoms with E-state index in [1.165, 1.54) is 51.7 Å². The molecule has 1 fully saturated rings. The average Bonchev–Trinajstić information content (AvgIpc) is 3.04. The van der Waals surface area contributed by atoms with Gasteiger partial charge in [0.2, 0.25) is 20.0 Å². The molecule has 8 nitrogen and oxygen atoms in total. The third kappa shape index (κ3) is 5.41. The van der Waals surface area contributed by atoms with Crippen LogP contribution < -0.4 is 4.72 Å². The molecule has 0 aliphatic carbocycles. The van der Waals surface area contributed by atoms with Gasteiger partial charge in [-0.25, -0.2) is 25.9 Å². The van der Waals surface area contributed by atoms with Crippen molar-refractivity contribution in [3.63, 3.8) is 0 Å². The fourth-order valence-electron chi connectivity index (χ4n) is 3.32. The van der Waals surface area contributed by atoms with Crippen molar-refractivity contribution in [1.82, 2.24) is 13.9 Å². The summed E-state index contributed by atoms with van der Waals surface area (Å²) in [4.78, 5) is 14.4. The number of halogens is 1. The number of nitrogens with zero attached hydrogens (tertiary/aromatic N) is 2. The number of amides is 1. The minimum atomic E-state index is -3.82. The number of rotatable bonds is 7. The number of benzene rings is 2. The number of sulfonamides is 2. The Morgan fingerprint density at radius 3 is 2.41 bits per heavy atom. The van der Waals surface area contributed by atoms with Crippen LogP contribution >= 0.6 is 0 Å². The smallest absolute Gasteiger partial charge is 0.253 e. The fourth-order valence-corrected chi connectivity index (χ4v) is 5.84. The molecule has 1 saturated heterocycles. The van der Waals surface area contributed by atoms with E-state index in [9.17, 15) is 26.0 Å². The van der Waals surface area contributed by atoms with Crippen molar-refractivity contribution in [1.29, 1.82) is 0 Å². The summed E-state index contributed by atoms with van der Waals surface area (Å²) in [5.41, 5.74) is 0.196. The van der Waals surface area contributed by atoms with Gasteiger partial charge in [-0.05, 0) is 48.9 Å². The molecule has 3 rings (SSSR count). The lowest BCUT2D eigenvalue weighted by atomic mass is 10.2. The summed E-state index contributed by atoms with van der Waals surface area (Å²) in [5, 5.41) is 0. The summed E-state index contributed by atoms with van der Waals surface area (Å²) >= 11 is 0. The van der Waals surface area contributed by atoms with Crippen LogP contribution in [0.5, 0.6) is 0 Å². The third-order valence-electron chi connectivity index (χ3n) is 5.00. The number of carbonyl (C=O) groups is 1. The standard InChI is InChI=1S/C21H24FN3O5S2/c1-2-11-23-31(27,28)20-6-3-5-17(16-20)21(26)24-12-4-13-25(15-14-24)32(29,30)19-9-7-18(22)8-10-19/h2-3,5-10,16,23H,1,4,11-15H2. The van der Waals surface area contributed by atoms with E-state index < -0.39 is 25.9 Å². The van der Waals surface area contributed by atoms with Crippen molar-refractivity contribution in [2.75, 3.05) is 32.7 Å². The summed E-state index contributed by atoms with van der Waals surface area (Å²) < 4.78 is 67.1. The summed E-state index contributed by atoms with van der Waals surface area (Å²) in [7, 11) is -7.60. The number of hydrogen-bond acceptors (Lipinski definition) is 5. The first-order chi connectivity index (χ1) is 15.1. The molecule has 2 aromatic carbocycles. The average molecular weight is 482 g/mol. The van der Waals surface area contributed by atoms with Gasteiger partial charge in [0.1, 0.15) is 5.82 Å². The number of nitrogens with one attached hydrogen (secondary N) is 1. The predicted octanol–water partition coefficient (Wildman–Crippen LogP) is 1.83. The molecule has 1 heterocycles. The van der Waals surface area contributed by atoms with Crippen LogP contribution in [0.3, 0.4) is 0 Å². The van der Waals surface area contributed by atoms with Gasteiger partial charge < -0.3 is 4.90 Å². The SMILES string of the molecule is C=CCNS(=O)(=O)c1cccc(C(=O)N2CCCN(S(=O)(=O)c3ccc(F)cc3)CC2)c1. The van der Waals surface area contributed by atoms with E-state index in [2.05, 4.69) is 11.3 Å². The molecule has 1 amide bonds. The van der Waals surface area contributed by atoms with E-state index in [1.807, 2.05) is 0 Å². The van der Waals surface area contributed by atoms with Gasteiger partial charge in [-0.2, -0.15) is 4.31 Å². The van der Waals surface area contributed by atoms with Gasteiger partial charge in [0.25, 0.3) is 5.91 Å². The zero-order valence-electron chi connectivity index (χ0n) is 17.3. The number of hydrogen-bond donors (Lipinski definition) is 1. The molecule has 0 spiro atoms. The molecule has 0 aromatic heterocycles. The highest BCUT2D eigenvalue weighted by atomic mass is 32.2. The summed E-state index contributed by atoms with van der Waals surface area (Å²) in [6.07, 6.45) is 1.82. The van der Waals surface area contributed by atoms with Gasteiger partial charge in [0.05, 0.1) is 9.79 Å². The molecule has 2 aromatic rings. The molecule has 172 valence electrons. The van der Waals surface area contributed by atoms with Crippen LogP contribution in [0.1, 0.15) is 16.8 Å². The van der Waals surface area contributed by atoms with Crippen molar-refractivity contribution in [2.45, 2.75) is 16.2 Å². The molecule has 0 unspecified atom stereocenters. The lowest BCUT2D eigenvalue weighted by molar-refractivity contribution is 0.0764. The highest BCUT2D eigenvalue weighted by molar-refractivity contribution is 7.89. The van der Waals surface area contributed by atoms with Crippen molar-refractivity contribution < 1.29 is 26.0 Å². The Bertz CT molecular complexity index is 1200. The van der Waals surface area contributed by atoms with E-state index in [4.69, 9.17) is 0 Å². The molecular weight excluding hydrogens is 457 g/mol. The van der Waals surface area contributed by atoms with Crippen LogP contribution in [-0.2, 0) is 20.0 Å². The second kappa shape index (κ2) is 9.90. The normalized spacial score (nSPS) is 15.8. The van der Waals surface area contributed by atoms with Gasteiger partial charge >= 0.3 is 0 Å². The van der Waals surface area contributed by atoms with Crippen LogP contribution in [-0.4, -0.2) is 64.7 Å². The van der Waals surface area contributed by atoms with Gasteiger partial charge in [0.15, 0.2) is 0 Å². The Labute approximate surface area is 187 Å². The third-order valence-corrected chi connectivity index (χ3v) is 8.34. The van der Waals surface area contributed by atoms with E-state index in [0.717, 1.165) is 12.1 Å². The second-order valence-electron chi connectivity index (χ2n) is 7.17. The molecule has 0 radical (unpaired) electrons. The minimum absolute atomic E-state index is 0.0105. The van der Waals surface area contributed by atoms with Crippen molar-refractivity contribution in [2.24, 2.45) is 0 Å². The van der Waals surface area contributed by atoms with E-state index in [1.54, 1.807) is 0 Å². The monoisotopic (exact) mass is 481 g/mol. The Balaban J connectivity index is 1.74. The van der Waals surface area contributed by atoms with Crippen molar-refractivity contribution in [3.05, 3.63) is 72.6 Å². The van der Waals surface area contributed by atoms with Gasteiger partial charge in [0, 0.05) is 38.3 Å². The first-order valence-electron chi connectivity index (χ1n) is 9.91. The van der Waals surface area contributed by atoms with E-state index in [-0.39, 0.29) is 47.4 Å². The van der Waals surface area contributed by atoms with Gasteiger partial charge in [-0.3, -0.25) is 4.79 Å². The highest BCUT2D eigenvalue weighted by Gasteiger charge is 2.29. The highest BCUT2D eigenvalue weighted by Crippen LogP contribution is 2.20. The zero-order chi connectivity index (χ0) is 23.4. The minimum Gasteiger partial charge on any atom is -0.337 e. The summed E-state index contributed by atoms with van der Waals surface area (Å²) in [5.74, 6) is -0.910. The van der Waals surface area contributed by atoms with Crippen LogP contribution in [0.2, 0.25) is 0 Å². The van der Waals surface area contributed by atoms with Crippen LogP contribution in [0.4, 0.5) is 4.39 Å². The quantitative estimate of drug-likeness (QED) is 0.608. The zero-order valence-corrected chi connectivity index (χ0v) is 18.9.